The van der Waals surface area contributed by atoms with Crippen molar-refractivity contribution in [3.63, 3.8) is 0 Å². The summed E-state index contributed by atoms with van der Waals surface area (Å²) in [4.78, 5) is 7.74. The minimum Gasteiger partial charge on any atom is -0.474 e. The van der Waals surface area contributed by atoms with E-state index in [1.165, 1.54) is 6.20 Å². The fourth-order valence-corrected chi connectivity index (χ4v) is 0.863. The van der Waals surface area contributed by atoms with Crippen molar-refractivity contribution in [3.8, 4) is 5.88 Å². The fourth-order valence-electron chi connectivity index (χ4n) is 0.727. The lowest BCUT2D eigenvalue weighted by Crippen LogP contribution is -2.13. The van der Waals surface area contributed by atoms with E-state index in [0.29, 0.717) is 10.9 Å². The summed E-state index contributed by atoms with van der Waals surface area (Å²) in [5, 5.41) is 0.368. The molecule has 0 aliphatic carbocycles. The van der Waals surface area contributed by atoms with Crippen molar-refractivity contribution < 1.29 is 4.74 Å². The first kappa shape index (κ1) is 10.0. The molecule has 0 aliphatic heterocycles. The highest BCUT2D eigenvalue weighted by molar-refractivity contribution is 6.31. The highest BCUT2D eigenvalue weighted by Gasteiger charge is 2.07. The molecular weight excluding hydrogens is 192 g/mol. The van der Waals surface area contributed by atoms with E-state index in [1.54, 1.807) is 0 Å². The van der Waals surface area contributed by atoms with Gasteiger partial charge in [0.05, 0.1) is 12.3 Å². The fraction of sp³-hybridized carbons (Fsp3) is 0.429. The molecule has 0 bridgehead atoms. The molecule has 0 aliphatic rings. The number of aromatic nitrogens is 2. The van der Waals surface area contributed by atoms with Gasteiger partial charge in [0, 0.05) is 0 Å². The topological polar surface area (TPSA) is 73.1 Å². The molecule has 5 nitrogen and oxygen atoms in total. The molecule has 0 amide bonds. The maximum Gasteiger partial charge on any atom is 0.240 e. The third kappa shape index (κ3) is 2.71. The summed E-state index contributed by atoms with van der Waals surface area (Å²) in [7, 11) is 0. The Kier molecular flexibility index (Phi) is 3.27. The number of rotatable bonds is 3. The van der Waals surface area contributed by atoms with Crippen LogP contribution in [0.4, 0.5) is 5.95 Å². The lowest BCUT2D eigenvalue weighted by molar-refractivity contribution is 0.233. The van der Waals surface area contributed by atoms with Crippen molar-refractivity contribution >= 4 is 17.5 Å². The van der Waals surface area contributed by atoms with Gasteiger partial charge >= 0.3 is 0 Å². The standard InChI is InChI=1S/C7H11ClN4O/c1-4(2)13-6-5(8)3-10-7(11-6)12-9/h3-4H,9H2,1-2H3,(H,10,11,12). The number of ether oxygens (including phenoxy) is 1. The zero-order valence-corrected chi connectivity index (χ0v) is 8.17. The number of hydrogen-bond acceptors (Lipinski definition) is 5. The molecule has 0 spiro atoms. The van der Waals surface area contributed by atoms with Crippen LogP contribution in [0.1, 0.15) is 13.8 Å². The van der Waals surface area contributed by atoms with Crippen LogP contribution in [0.25, 0.3) is 0 Å². The van der Waals surface area contributed by atoms with Gasteiger partial charge in [-0.15, -0.1) is 0 Å². The van der Waals surface area contributed by atoms with Crippen LogP contribution in [0.2, 0.25) is 5.02 Å². The molecule has 1 aromatic heterocycles. The van der Waals surface area contributed by atoms with Crippen LogP contribution in [0.3, 0.4) is 0 Å². The van der Waals surface area contributed by atoms with Gasteiger partial charge in [-0.2, -0.15) is 4.98 Å². The molecule has 0 atom stereocenters. The predicted molar refractivity (Wildman–Crippen MR) is 50.6 cm³/mol. The van der Waals surface area contributed by atoms with Crippen molar-refractivity contribution in [1.82, 2.24) is 9.97 Å². The van der Waals surface area contributed by atoms with E-state index < -0.39 is 0 Å². The summed E-state index contributed by atoms with van der Waals surface area (Å²) in [6, 6.07) is 0. The molecule has 72 valence electrons. The van der Waals surface area contributed by atoms with Gasteiger partial charge in [-0.3, -0.25) is 5.43 Å². The Labute approximate surface area is 81.2 Å². The minimum atomic E-state index is 0.0121. The molecule has 0 unspecified atom stereocenters. The third-order valence-electron chi connectivity index (χ3n) is 1.19. The molecule has 0 saturated carbocycles. The SMILES string of the molecule is CC(C)Oc1nc(NN)ncc1Cl. The van der Waals surface area contributed by atoms with Crippen LogP contribution in [0.15, 0.2) is 6.20 Å². The Hall–Kier alpha value is -1.07. The Morgan fingerprint density at radius 3 is 2.85 bits per heavy atom. The van der Waals surface area contributed by atoms with E-state index in [1.807, 2.05) is 13.8 Å². The summed E-state index contributed by atoms with van der Waals surface area (Å²) in [6.45, 7) is 3.77. The number of nitrogens with one attached hydrogen (secondary N) is 1. The largest absolute Gasteiger partial charge is 0.474 e. The van der Waals surface area contributed by atoms with Gasteiger partial charge in [0.15, 0.2) is 0 Å². The summed E-state index contributed by atoms with van der Waals surface area (Å²) in [5.41, 5.74) is 2.31. The molecule has 1 aromatic rings. The van der Waals surface area contributed by atoms with Gasteiger partial charge in [-0.1, -0.05) is 11.6 Å². The van der Waals surface area contributed by atoms with Gasteiger partial charge in [0.25, 0.3) is 0 Å². The van der Waals surface area contributed by atoms with Crippen LogP contribution in [0, 0.1) is 0 Å². The van der Waals surface area contributed by atoms with Crippen molar-refractivity contribution in [2.75, 3.05) is 5.43 Å². The quantitative estimate of drug-likeness (QED) is 0.569. The molecule has 1 rings (SSSR count). The monoisotopic (exact) mass is 202 g/mol. The summed E-state index contributed by atoms with van der Waals surface area (Å²) in [5.74, 6) is 5.74. The summed E-state index contributed by atoms with van der Waals surface area (Å²) < 4.78 is 5.31. The highest BCUT2D eigenvalue weighted by atomic mass is 35.5. The zero-order chi connectivity index (χ0) is 9.84. The van der Waals surface area contributed by atoms with Gasteiger partial charge < -0.3 is 4.74 Å². The van der Waals surface area contributed by atoms with E-state index in [0.717, 1.165) is 0 Å². The van der Waals surface area contributed by atoms with Crippen molar-refractivity contribution in [1.29, 1.82) is 0 Å². The van der Waals surface area contributed by atoms with Crippen LogP contribution < -0.4 is 16.0 Å². The van der Waals surface area contributed by atoms with Gasteiger partial charge in [-0.05, 0) is 13.8 Å². The van der Waals surface area contributed by atoms with E-state index in [-0.39, 0.29) is 12.1 Å². The predicted octanol–water partition coefficient (Wildman–Crippen LogP) is 1.20. The van der Waals surface area contributed by atoms with Gasteiger partial charge in [0.2, 0.25) is 11.8 Å². The van der Waals surface area contributed by atoms with Crippen molar-refractivity contribution in [3.05, 3.63) is 11.2 Å². The molecular formula is C7H11ClN4O. The van der Waals surface area contributed by atoms with Gasteiger partial charge in [0.1, 0.15) is 5.02 Å². The minimum absolute atomic E-state index is 0.0121. The molecule has 6 heteroatoms. The maximum atomic E-state index is 5.78. The third-order valence-corrected chi connectivity index (χ3v) is 1.45. The molecule has 13 heavy (non-hydrogen) atoms. The average molecular weight is 203 g/mol. The van der Waals surface area contributed by atoms with E-state index in [2.05, 4.69) is 15.4 Å². The molecule has 0 radical (unpaired) electrons. The first-order valence-electron chi connectivity index (χ1n) is 3.79. The number of nitrogens with two attached hydrogens (primary N) is 1. The summed E-state index contributed by atoms with van der Waals surface area (Å²) >= 11 is 5.78. The second kappa shape index (κ2) is 4.25. The molecule has 0 aromatic carbocycles. The number of anilines is 1. The van der Waals surface area contributed by atoms with Crippen LogP contribution in [-0.2, 0) is 0 Å². The Bertz CT molecular complexity index is 292. The number of halogens is 1. The van der Waals surface area contributed by atoms with E-state index in [9.17, 15) is 0 Å². The Balaban J connectivity index is 2.90. The number of nitrogen functional groups attached to an aromatic ring is 1. The van der Waals surface area contributed by atoms with Crippen LogP contribution in [0.5, 0.6) is 5.88 Å². The lowest BCUT2D eigenvalue weighted by Gasteiger charge is -2.10. The average Bonchev–Trinajstić information content (AvgIpc) is 2.08. The first-order chi connectivity index (χ1) is 6.13. The van der Waals surface area contributed by atoms with Crippen LogP contribution in [-0.4, -0.2) is 16.1 Å². The van der Waals surface area contributed by atoms with E-state index in [4.69, 9.17) is 22.2 Å². The molecule has 0 saturated heterocycles. The molecule has 0 fully saturated rings. The zero-order valence-electron chi connectivity index (χ0n) is 7.41. The van der Waals surface area contributed by atoms with Crippen LogP contribution >= 0.6 is 11.6 Å². The first-order valence-corrected chi connectivity index (χ1v) is 4.17. The Morgan fingerprint density at radius 2 is 2.31 bits per heavy atom. The Morgan fingerprint density at radius 1 is 1.62 bits per heavy atom. The maximum absolute atomic E-state index is 5.78. The lowest BCUT2D eigenvalue weighted by atomic mass is 10.5. The second-order valence-electron chi connectivity index (χ2n) is 2.66. The van der Waals surface area contributed by atoms with Crippen molar-refractivity contribution in [2.24, 2.45) is 5.84 Å². The van der Waals surface area contributed by atoms with Crippen molar-refractivity contribution in [2.45, 2.75) is 20.0 Å². The number of nitrogens with zero attached hydrogens (tertiary/aromatic N) is 2. The van der Waals surface area contributed by atoms with E-state index >= 15 is 0 Å². The highest BCUT2D eigenvalue weighted by Crippen LogP contribution is 2.22. The normalized spacial score (nSPS) is 10.2. The second-order valence-corrected chi connectivity index (χ2v) is 3.06. The molecule has 1 heterocycles. The van der Waals surface area contributed by atoms with Gasteiger partial charge in [-0.25, -0.2) is 10.8 Å². The smallest absolute Gasteiger partial charge is 0.240 e. The molecule has 3 N–H and O–H groups in total. The number of hydrazine groups is 1. The summed E-state index contributed by atoms with van der Waals surface area (Å²) in [6.07, 6.45) is 1.44. The number of hydrogen-bond donors (Lipinski definition) is 2.